The monoisotopic (exact) mass is 409 g/mol. The van der Waals surface area contributed by atoms with Crippen molar-refractivity contribution in [1.82, 2.24) is 15.0 Å². The summed E-state index contributed by atoms with van der Waals surface area (Å²) in [6.07, 6.45) is 1.61. The molecule has 30 heavy (non-hydrogen) atoms. The Bertz CT molecular complexity index is 1010. The van der Waals surface area contributed by atoms with Crippen LogP contribution in [0.25, 0.3) is 11.4 Å². The van der Waals surface area contributed by atoms with Crippen LogP contribution in [-0.4, -0.2) is 48.8 Å². The second-order valence-electron chi connectivity index (χ2n) is 6.89. The van der Waals surface area contributed by atoms with Crippen molar-refractivity contribution < 1.29 is 23.5 Å². The largest absolute Gasteiger partial charge is 0.493 e. The third kappa shape index (κ3) is 3.56. The summed E-state index contributed by atoms with van der Waals surface area (Å²) in [5.41, 5.74) is 1.31. The molecule has 1 aromatic heterocycles. The fourth-order valence-corrected chi connectivity index (χ4v) is 3.71. The van der Waals surface area contributed by atoms with Crippen molar-refractivity contribution in [1.29, 1.82) is 0 Å². The van der Waals surface area contributed by atoms with Crippen LogP contribution in [0, 0.1) is 0 Å². The standard InChI is InChI=1S/C22H23N3O5/c1-27-17-12-15(13-18(28-2)19(17)29-3)22(26)25-11-7-10-16(25)21-23-20(24-30-21)14-8-5-4-6-9-14/h4-6,8-9,12-13,16H,7,10-11H2,1-3H3/t16-/m1/s1. The number of carbonyl (C=O) groups is 1. The van der Waals surface area contributed by atoms with Gasteiger partial charge in [0.15, 0.2) is 11.5 Å². The highest BCUT2D eigenvalue weighted by Gasteiger charge is 2.35. The van der Waals surface area contributed by atoms with Gasteiger partial charge in [0.05, 0.1) is 21.3 Å². The van der Waals surface area contributed by atoms with Gasteiger partial charge in [0.2, 0.25) is 17.5 Å². The quantitative estimate of drug-likeness (QED) is 0.613. The van der Waals surface area contributed by atoms with E-state index in [0.717, 1.165) is 18.4 Å². The first-order valence-electron chi connectivity index (χ1n) is 9.66. The third-order valence-electron chi connectivity index (χ3n) is 5.18. The van der Waals surface area contributed by atoms with Gasteiger partial charge in [0.25, 0.3) is 5.91 Å². The number of nitrogens with zero attached hydrogens (tertiary/aromatic N) is 3. The smallest absolute Gasteiger partial charge is 0.254 e. The Labute approximate surface area is 174 Å². The summed E-state index contributed by atoms with van der Waals surface area (Å²) >= 11 is 0. The van der Waals surface area contributed by atoms with Crippen molar-refractivity contribution in [3.8, 4) is 28.6 Å². The van der Waals surface area contributed by atoms with Gasteiger partial charge >= 0.3 is 0 Å². The number of aromatic nitrogens is 2. The van der Waals surface area contributed by atoms with Crippen molar-refractivity contribution in [2.45, 2.75) is 18.9 Å². The second-order valence-corrected chi connectivity index (χ2v) is 6.89. The maximum Gasteiger partial charge on any atom is 0.254 e. The Kier molecular flexibility index (Phi) is 5.56. The highest BCUT2D eigenvalue weighted by Crippen LogP contribution is 2.40. The van der Waals surface area contributed by atoms with E-state index in [1.165, 1.54) is 21.3 Å². The Hall–Kier alpha value is -3.55. The lowest BCUT2D eigenvalue weighted by Crippen LogP contribution is -2.30. The van der Waals surface area contributed by atoms with Gasteiger partial charge in [-0.25, -0.2) is 0 Å². The number of methoxy groups -OCH3 is 3. The molecule has 1 amide bonds. The first-order chi connectivity index (χ1) is 14.7. The summed E-state index contributed by atoms with van der Waals surface area (Å²) in [6, 6.07) is 12.6. The summed E-state index contributed by atoms with van der Waals surface area (Å²) in [5, 5.41) is 4.09. The van der Waals surface area contributed by atoms with E-state index in [2.05, 4.69) is 10.1 Å². The average Bonchev–Trinajstić information content (AvgIpc) is 3.47. The highest BCUT2D eigenvalue weighted by molar-refractivity contribution is 5.96. The van der Waals surface area contributed by atoms with E-state index in [0.29, 0.717) is 41.1 Å². The summed E-state index contributed by atoms with van der Waals surface area (Å²) in [5.74, 6) is 2.10. The Balaban J connectivity index is 1.63. The molecule has 1 aliphatic heterocycles. The van der Waals surface area contributed by atoms with Gasteiger partial charge in [-0.1, -0.05) is 35.5 Å². The van der Waals surface area contributed by atoms with Crippen molar-refractivity contribution in [2.75, 3.05) is 27.9 Å². The van der Waals surface area contributed by atoms with Crippen LogP contribution in [0.4, 0.5) is 0 Å². The van der Waals surface area contributed by atoms with Crippen molar-refractivity contribution in [3.05, 3.63) is 53.9 Å². The van der Waals surface area contributed by atoms with E-state index in [9.17, 15) is 4.79 Å². The van der Waals surface area contributed by atoms with E-state index < -0.39 is 0 Å². The van der Waals surface area contributed by atoms with Gasteiger partial charge in [-0.2, -0.15) is 4.98 Å². The van der Waals surface area contributed by atoms with Crippen LogP contribution in [0.2, 0.25) is 0 Å². The van der Waals surface area contributed by atoms with Crippen LogP contribution in [0.3, 0.4) is 0 Å². The number of hydrogen-bond acceptors (Lipinski definition) is 7. The van der Waals surface area contributed by atoms with Gasteiger partial charge in [-0.15, -0.1) is 0 Å². The van der Waals surface area contributed by atoms with Gasteiger partial charge in [-0.05, 0) is 25.0 Å². The zero-order valence-corrected chi connectivity index (χ0v) is 17.1. The molecule has 8 heteroatoms. The van der Waals surface area contributed by atoms with Crippen molar-refractivity contribution in [3.63, 3.8) is 0 Å². The molecule has 156 valence electrons. The molecule has 8 nitrogen and oxygen atoms in total. The number of ether oxygens (including phenoxy) is 3. The Morgan fingerprint density at radius 2 is 1.77 bits per heavy atom. The Morgan fingerprint density at radius 1 is 1.07 bits per heavy atom. The molecule has 0 spiro atoms. The molecular formula is C22H23N3O5. The van der Waals surface area contributed by atoms with Gasteiger partial charge in [-0.3, -0.25) is 4.79 Å². The van der Waals surface area contributed by atoms with Crippen molar-refractivity contribution >= 4 is 5.91 Å². The molecule has 0 aliphatic carbocycles. The number of likely N-dealkylation sites (tertiary alicyclic amines) is 1. The van der Waals surface area contributed by atoms with Gasteiger partial charge < -0.3 is 23.6 Å². The Morgan fingerprint density at radius 3 is 2.40 bits per heavy atom. The average molecular weight is 409 g/mol. The van der Waals surface area contributed by atoms with Crippen LogP contribution in [-0.2, 0) is 0 Å². The molecule has 2 heterocycles. The molecule has 3 aromatic rings. The molecule has 0 saturated carbocycles. The zero-order valence-electron chi connectivity index (χ0n) is 17.1. The number of carbonyl (C=O) groups excluding carboxylic acids is 1. The molecule has 1 atom stereocenters. The topological polar surface area (TPSA) is 86.9 Å². The lowest BCUT2D eigenvalue weighted by molar-refractivity contribution is 0.0709. The molecule has 0 bridgehead atoms. The molecule has 2 aromatic carbocycles. The van der Waals surface area contributed by atoms with Gasteiger partial charge in [0.1, 0.15) is 6.04 Å². The predicted molar refractivity (Wildman–Crippen MR) is 109 cm³/mol. The molecule has 4 rings (SSSR count). The van der Waals surface area contributed by atoms with E-state index in [4.69, 9.17) is 18.7 Å². The SMILES string of the molecule is COc1cc(C(=O)N2CCC[C@@H]2c2nc(-c3ccccc3)no2)cc(OC)c1OC. The lowest BCUT2D eigenvalue weighted by Gasteiger charge is -2.23. The van der Waals surface area contributed by atoms with Crippen LogP contribution in [0.1, 0.15) is 35.1 Å². The lowest BCUT2D eigenvalue weighted by atomic mass is 10.1. The normalized spacial score (nSPS) is 15.8. The van der Waals surface area contributed by atoms with E-state index in [-0.39, 0.29) is 11.9 Å². The number of hydrogen-bond donors (Lipinski definition) is 0. The molecule has 0 radical (unpaired) electrons. The first kappa shape index (κ1) is 19.8. The summed E-state index contributed by atoms with van der Waals surface area (Å²) in [7, 11) is 4.57. The van der Waals surface area contributed by atoms with Crippen LogP contribution >= 0.6 is 0 Å². The number of amides is 1. The van der Waals surface area contributed by atoms with Crippen LogP contribution < -0.4 is 14.2 Å². The van der Waals surface area contributed by atoms with Gasteiger partial charge in [0, 0.05) is 17.7 Å². The molecule has 1 aliphatic rings. The fraction of sp³-hybridized carbons (Fsp3) is 0.318. The van der Waals surface area contributed by atoms with Crippen molar-refractivity contribution in [2.24, 2.45) is 0 Å². The van der Waals surface area contributed by atoms with E-state index in [1.54, 1.807) is 17.0 Å². The number of rotatable bonds is 6. The molecule has 0 unspecified atom stereocenters. The van der Waals surface area contributed by atoms with Crippen LogP contribution in [0.15, 0.2) is 47.0 Å². The summed E-state index contributed by atoms with van der Waals surface area (Å²) < 4.78 is 21.6. The summed E-state index contributed by atoms with van der Waals surface area (Å²) in [6.45, 7) is 0.600. The minimum Gasteiger partial charge on any atom is -0.493 e. The maximum absolute atomic E-state index is 13.3. The minimum absolute atomic E-state index is 0.156. The maximum atomic E-state index is 13.3. The summed E-state index contributed by atoms with van der Waals surface area (Å²) in [4.78, 5) is 19.6. The minimum atomic E-state index is -0.276. The molecule has 1 fully saturated rings. The fourth-order valence-electron chi connectivity index (χ4n) is 3.71. The number of benzene rings is 2. The first-order valence-corrected chi connectivity index (χ1v) is 9.66. The zero-order chi connectivity index (χ0) is 21.1. The van der Waals surface area contributed by atoms with E-state index in [1.807, 2.05) is 30.3 Å². The molecule has 0 N–H and O–H groups in total. The van der Waals surface area contributed by atoms with E-state index >= 15 is 0 Å². The van der Waals surface area contributed by atoms with Crippen LogP contribution in [0.5, 0.6) is 17.2 Å². The predicted octanol–water partition coefficient (Wildman–Crippen LogP) is 3.74. The molecular weight excluding hydrogens is 386 g/mol. The molecule has 1 saturated heterocycles. The highest BCUT2D eigenvalue weighted by atomic mass is 16.5. The second kappa shape index (κ2) is 8.44. The third-order valence-corrected chi connectivity index (χ3v) is 5.18.